The van der Waals surface area contributed by atoms with Gasteiger partial charge in [-0.1, -0.05) is 18.3 Å². The Balaban J connectivity index is 2.05. The first kappa shape index (κ1) is 13.4. The van der Waals surface area contributed by atoms with Crippen LogP contribution in [0, 0.1) is 5.82 Å². The number of halogens is 1. The summed E-state index contributed by atoms with van der Waals surface area (Å²) in [4.78, 5) is 4.78. The lowest BCUT2D eigenvalue weighted by atomic mass is 10.1. The van der Waals surface area contributed by atoms with Crippen molar-refractivity contribution in [3.63, 3.8) is 0 Å². The summed E-state index contributed by atoms with van der Waals surface area (Å²) in [5.74, 6) is -0.343. The van der Waals surface area contributed by atoms with Crippen LogP contribution in [0.25, 0.3) is 0 Å². The summed E-state index contributed by atoms with van der Waals surface area (Å²) in [6.45, 7) is 5.04. The molecule has 1 saturated heterocycles. The first-order valence-corrected chi connectivity index (χ1v) is 6.46. The summed E-state index contributed by atoms with van der Waals surface area (Å²) >= 11 is 4.85. The predicted molar refractivity (Wildman–Crippen MR) is 75.1 cm³/mol. The van der Waals surface area contributed by atoms with Crippen LogP contribution in [0.5, 0.6) is 0 Å². The number of thiocarbonyl (C=S) groups is 1. The fraction of sp³-hybridized carbons (Fsp3) is 0.462. The molecule has 1 aliphatic heterocycles. The number of benzene rings is 1. The highest BCUT2D eigenvalue weighted by Gasteiger charge is 2.14. The van der Waals surface area contributed by atoms with Crippen LogP contribution in [0.2, 0.25) is 0 Å². The topological polar surface area (TPSA) is 32.5 Å². The molecule has 18 heavy (non-hydrogen) atoms. The molecule has 0 radical (unpaired) electrons. The van der Waals surface area contributed by atoms with Crippen molar-refractivity contribution in [2.75, 3.05) is 33.2 Å². The van der Waals surface area contributed by atoms with E-state index < -0.39 is 0 Å². The molecule has 5 heteroatoms. The van der Waals surface area contributed by atoms with Gasteiger partial charge in [-0.15, -0.1) is 0 Å². The van der Waals surface area contributed by atoms with Crippen molar-refractivity contribution in [1.82, 2.24) is 9.80 Å². The number of nitrogens with zero attached hydrogens (tertiary/aromatic N) is 2. The maximum absolute atomic E-state index is 13.5. The molecular formula is C13H18FN3S. The van der Waals surface area contributed by atoms with E-state index in [0.29, 0.717) is 5.56 Å². The molecule has 0 atom stereocenters. The fourth-order valence-electron chi connectivity index (χ4n) is 2.12. The first-order chi connectivity index (χ1) is 8.56. The Labute approximate surface area is 112 Å². The van der Waals surface area contributed by atoms with E-state index in [-0.39, 0.29) is 10.8 Å². The van der Waals surface area contributed by atoms with E-state index in [1.165, 1.54) is 6.07 Å². The fourth-order valence-corrected chi connectivity index (χ4v) is 2.28. The van der Waals surface area contributed by atoms with Crippen LogP contribution in [-0.2, 0) is 6.54 Å². The van der Waals surface area contributed by atoms with Gasteiger partial charge in [0.2, 0.25) is 0 Å². The smallest absolute Gasteiger partial charge is 0.133 e. The van der Waals surface area contributed by atoms with Crippen LogP contribution < -0.4 is 5.73 Å². The maximum Gasteiger partial charge on any atom is 0.133 e. The number of piperazine rings is 1. The monoisotopic (exact) mass is 267 g/mol. The SMILES string of the molecule is CN1CCN(Cc2ccc(F)c(C(N)=S)c2)CC1. The Morgan fingerprint density at radius 1 is 1.33 bits per heavy atom. The molecule has 98 valence electrons. The van der Waals surface area contributed by atoms with E-state index in [9.17, 15) is 4.39 Å². The van der Waals surface area contributed by atoms with Crippen LogP contribution in [-0.4, -0.2) is 48.0 Å². The summed E-state index contributed by atoms with van der Waals surface area (Å²) < 4.78 is 13.5. The van der Waals surface area contributed by atoms with Crippen molar-refractivity contribution in [2.24, 2.45) is 5.73 Å². The van der Waals surface area contributed by atoms with Gasteiger partial charge in [0.1, 0.15) is 10.8 Å². The summed E-state index contributed by atoms with van der Waals surface area (Å²) in [5, 5.41) is 0. The minimum absolute atomic E-state index is 0.118. The number of hydrogen-bond donors (Lipinski definition) is 1. The van der Waals surface area contributed by atoms with E-state index in [0.717, 1.165) is 38.3 Å². The van der Waals surface area contributed by atoms with Crippen molar-refractivity contribution < 1.29 is 4.39 Å². The molecule has 0 spiro atoms. The molecule has 0 amide bonds. The van der Waals surface area contributed by atoms with Gasteiger partial charge in [0.15, 0.2) is 0 Å². The molecule has 0 unspecified atom stereocenters. The highest BCUT2D eigenvalue weighted by Crippen LogP contribution is 2.13. The average molecular weight is 267 g/mol. The first-order valence-electron chi connectivity index (χ1n) is 6.05. The summed E-state index contributed by atoms with van der Waals surface area (Å²) in [6, 6.07) is 5.01. The second-order valence-corrected chi connectivity index (χ2v) is 5.20. The lowest BCUT2D eigenvalue weighted by Crippen LogP contribution is -2.43. The normalized spacial score (nSPS) is 17.9. The summed E-state index contributed by atoms with van der Waals surface area (Å²) in [7, 11) is 2.13. The number of nitrogens with two attached hydrogens (primary N) is 1. The molecule has 2 rings (SSSR count). The van der Waals surface area contributed by atoms with Crippen molar-refractivity contribution >= 4 is 17.2 Å². The number of rotatable bonds is 3. The Morgan fingerprint density at radius 2 is 2.00 bits per heavy atom. The standard InChI is InChI=1S/C13H18FN3S/c1-16-4-6-17(7-5-16)9-10-2-3-12(14)11(8-10)13(15)18/h2-3,8H,4-7,9H2,1H3,(H2,15,18). The van der Waals surface area contributed by atoms with Crippen LogP contribution >= 0.6 is 12.2 Å². The van der Waals surface area contributed by atoms with Crippen LogP contribution in [0.3, 0.4) is 0 Å². The molecule has 1 aliphatic rings. The molecule has 0 aliphatic carbocycles. The van der Waals surface area contributed by atoms with Gasteiger partial charge in [-0.05, 0) is 24.7 Å². The number of hydrogen-bond acceptors (Lipinski definition) is 3. The molecule has 0 aromatic heterocycles. The lowest BCUT2D eigenvalue weighted by molar-refractivity contribution is 0.148. The van der Waals surface area contributed by atoms with E-state index in [1.54, 1.807) is 12.1 Å². The van der Waals surface area contributed by atoms with Gasteiger partial charge < -0.3 is 10.6 Å². The van der Waals surface area contributed by atoms with E-state index in [4.69, 9.17) is 18.0 Å². The van der Waals surface area contributed by atoms with Crippen molar-refractivity contribution in [2.45, 2.75) is 6.54 Å². The molecule has 1 aromatic carbocycles. The van der Waals surface area contributed by atoms with Gasteiger partial charge in [0, 0.05) is 38.3 Å². The second kappa shape index (κ2) is 5.73. The minimum atomic E-state index is -0.343. The molecule has 1 aromatic rings. The highest BCUT2D eigenvalue weighted by atomic mass is 32.1. The third kappa shape index (κ3) is 3.25. The summed E-state index contributed by atoms with van der Waals surface area (Å²) in [6.07, 6.45) is 0. The Morgan fingerprint density at radius 3 is 2.61 bits per heavy atom. The maximum atomic E-state index is 13.5. The second-order valence-electron chi connectivity index (χ2n) is 4.76. The summed E-state index contributed by atoms with van der Waals surface area (Å²) in [5.41, 5.74) is 6.91. The van der Waals surface area contributed by atoms with Crippen molar-refractivity contribution in [3.8, 4) is 0 Å². The quantitative estimate of drug-likeness (QED) is 0.834. The van der Waals surface area contributed by atoms with Gasteiger partial charge >= 0.3 is 0 Å². The van der Waals surface area contributed by atoms with Crippen molar-refractivity contribution in [3.05, 3.63) is 35.1 Å². The zero-order valence-electron chi connectivity index (χ0n) is 10.5. The largest absolute Gasteiger partial charge is 0.389 e. The zero-order valence-corrected chi connectivity index (χ0v) is 11.3. The van der Waals surface area contributed by atoms with Crippen LogP contribution in [0.1, 0.15) is 11.1 Å². The van der Waals surface area contributed by atoms with Gasteiger partial charge in [0.25, 0.3) is 0 Å². The van der Waals surface area contributed by atoms with Crippen LogP contribution in [0.15, 0.2) is 18.2 Å². The highest BCUT2D eigenvalue weighted by molar-refractivity contribution is 7.80. The minimum Gasteiger partial charge on any atom is -0.389 e. The third-order valence-corrected chi connectivity index (χ3v) is 3.52. The Hall–Kier alpha value is -1.04. The Bertz CT molecular complexity index is 442. The zero-order chi connectivity index (χ0) is 13.1. The third-order valence-electron chi connectivity index (χ3n) is 3.30. The predicted octanol–water partition coefficient (Wildman–Crippen LogP) is 1.21. The van der Waals surface area contributed by atoms with Crippen LogP contribution in [0.4, 0.5) is 4.39 Å². The van der Waals surface area contributed by atoms with Gasteiger partial charge in [-0.2, -0.15) is 0 Å². The molecule has 1 heterocycles. The molecular weight excluding hydrogens is 249 g/mol. The van der Waals surface area contributed by atoms with Gasteiger partial charge in [0.05, 0.1) is 0 Å². The lowest BCUT2D eigenvalue weighted by Gasteiger charge is -2.32. The van der Waals surface area contributed by atoms with Crippen molar-refractivity contribution in [1.29, 1.82) is 0 Å². The average Bonchev–Trinajstić information content (AvgIpc) is 2.34. The molecule has 1 fully saturated rings. The molecule has 0 saturated carbocycles. The van der Waals surface area contributed by atoms with E-state index in [1.807, 2.05) is 0 Å². The van der Waals surface area contributed by atoms with Gasteiger partial charge in [-0.25, -0.2) is 4.39 Å². The molecule has 2 N–H and O–H groups in total. The van der Waals surface area contributed by atoms with E-state index >= 15 is 0 Å². The van der Waals surface area contributed by atoms with Gasteiger partial charge in [-0.3, -0.25) is 4.90 Å². The molecule has 0 bridgehead atoms. The Kier molecular flexibility index (Phi) is 4.27. The van der Waals surface area contributed by atoms with E-state index in [2.05, 4.69) is 16.8 Å². The number of likely N-dealkylation sites (N-methyl/N-ethyl adjacent to an activating group) is 1. The molecule has 3 nitrogen and oxygen atoms in total.